The fraction of sp³-hybridized carbons (Fsp3) is 0.881. The number of aliphatic hydroxyl groups excluding tert-OH is 9. The maximum Gasteiger partial charge on any atom is 0.471 e. The Labute approximate surface area is 616 Å². The Morgan fingerprint density at radius 2 is 0.705 bits per heavy atom. The second-order valence-corrected chi connectivity index (χ2v) is 27.3. The van der Waals surface area contributed by atoms with Crippen molar-refractivity contribution in [3.8, 4) is 0 Å². The topological polar surface area (TPSA) is 561 Å². The Balaban J connectivity index is 0.00000329. The molecule has 0 saturated carbocycles. The Hall–Kier alpha value is -4.81. The van der Waals surface area contributed by atoms with Gasteiger partial charge in [-0.15, -0.1) is 0 Å². The molecule has 8 amide bonds. The van der Waals surface area contributed by atoms with Crippen molar-refractivity contribution >= 4 is 55.1 Å². The van der Waals surface area contributed by atoms with Crippen LogP contribution in [-0.4, -0.2) is 297 Å². The highest BCUT2D eigenvalue weighted by Gasteiger charge is 2.45. The Kier molecular flexibility index (Phi) is 53.6. The van der Waals surface area contributed by atoms with Crippen LogP contribution in [0.25, 0.3) is 0 Å². The van der Waals surface area contributed by atoms with E-state index in [1.165, 1.54) is 0 Å². The van der Waals surface area contributed by atoms with Gasteiger partial charge < -0.3 is 132 Å². The van der Waals surface area contributed by atoms with Crippen LogP contribution in [0.5, 0.6) is 0 Å². The molecule has 3 saturated heterocycles. The van der Waals surface area contributed by atoms with Gasteiger partial charge in [0.2, 0.25) is 47.3 Å². The summed E-state index contributed by atoms with van der Waals surface area (Å²) in [5, 5.41) is 112. The van der Waals surface area contributed by atoms with Gasteiger partial charge in [0.05, 0.1) is 83.8 Å². The molecule has 0 aliphatic carbocycles. The molecule has 105 heavy (non-hydrogen) atoms. The lowest BCUT2D eigenvalue weighted by Crippen LogP contribution is -2.55. The first-order valence-corrected chi connectivity index (χ1v) is 38.2. The number of methoxy groups -OCH3 is 1. The number of hydrogen-bond donors (Lipinski definition) is 19. The van der Waals surface area contributed by atoms with Gasteiger partial charge in [0.1, 0.15) is 36.6 Å². The molecule has 0 radical (unpaired) electrons. The highest BCUT2D eigenvalue weighted by molar-refractivity contribution is 7.47. The molecule has 614 valence electrons. The number of unbranched alkanes of at least 4 members (excludes halogenated alkanes) is 3. The summed E-state index contributed by atoms with van der Waals surface area (Å²) in [6.45, 7) is 9.66. The minimum Gasteiger partial charge on any atom is -0.394 e. The highest BCUT2D eigenvalue weighted by atomic mass is 31.2. The lowest BCUT2D eigenvalue weighted by Gasteiger charge is -2.40. The van der Waals surface area contributed by atoms with E-state index >= 15 is 0 Å². The first kappa shape index (κ1) is 98.2. The number of nitrogens with one attached hydrogen (secondary N) is 8. The summed E-state index contributed by atoms with van der Waals surface area (Å²) in [6, 6.07) is 0. The summed E-state index contributed by atoms with van der Waals surface area (Å²) < 4.78 is 58.1. The zero-order valence-electron chi connectivity index (χ0n) is 62.5. The van der Waals surface area contributed by atoms with E-state index in [1.807, 2.05) is 13.8 Å². The normalized spacial score (nSPS) is 25.4. The largest absolute Gasteiger partial charge is 0.471 e. The van der Waals surface area contributed by atoms with Gasteiger partial charge >= 0.3 is 7.82 Å². The van der Waals surface area contributed by atoms with Crippen molar-refractivity contribution in [2.24, 2.45) is 23.5 Å². The van der Waals surface area contributed by atoms with Crippen LogP contribution in [-0.2, 0) is 85.1 Å². The highest BCUT2D eigenvalue weighted by Crippen LogP contribution is 2.42. The standard InChI is InChI=1S/C58H104N8O24.C7H18NO4P.C2H6/c1-35-49(78)52(81)38(32-67)88-55(35)85-29-15-45(74)62-24-6-21-59-42(71)12-18-58(66-48(77)11-5-10-41(70)65-27-9-28-84-4,19-13-43(72)60-22-7-25-63-46(75)16-30-86-56-36(2)50(79)53(82)39(33-68)89-56)20-14-44(73)61-23-8-26-64-47(76)17-31-87-57-37(3)51(80)54(83)40(34-69)90-57;1-11-13(9,10)12-7-5-3-2-4-6-8;1-2/h35-40,49-57,67-69,78-83H,5-34H2,1-4H3,(H,59,71)(H,60,72)(H,61,73)(H,62,74)(H,63,75)(H,64,76)(H,65,70)(H,66,77);2-8H2,1H3,(H,9,10);1-2H3/t35?,36?,37?,38?,39?,40?,49-,50-,51-,52+,53+,54+,55-,56-,57-,58?;;/m1../s1. The number of hydrogen-bond acceptors (Lipinski definition) is 28. The van der Waals surface area contributed by atoms with Crippen molar-refractivity contribution in [3.63, 3.8) is 0 Å². The van der Waals surface area contributed by atoms with Crippen molar-refractivity contribution in [2.75, 3.05) is 119 Å². The number of nitrogens with two attached hydrogens (primary N) is 1. The molecule has 3 fully saturated rings. The molecule has 3 heterocycles. The molecule has 3 aliphatic rings. The van der Waals surface area contributed by atoms with Crippen LogP contribution < -0.4 is 48.3 Å². The predicted molar refractivity (Wildman–Crippen MR) is 378 cm³/mol. The van der Waals surface area contributed by atoms with Gasteiger partial charge in [-0.05, 0) is 70.8 Å². The minimum absolute atomic E-state index is 0.0294. The molecule has 20 N–H and O–H groups in total. The zero-order valence-corrected chi connectivity index (χ0v) is 63.4. The molecule has 3 aliphatic heterocycles. The number of aliphatic hydroxyl groups is 9. The smallest absolute Gasteiger partial charge is 0.394 e. The summed E-state index contributed by atoms with van der Waals surface area (Å²) >= 11 is 0. The zero-order chi connectivity index (χ0) is 78.8. The van der Waals surface area contributed by atoms with E-state index in [4.69, 9.17) is 43.8 Å². The molecular weight excluding hydrogens is 1410 g/mol. The molecule has 0 bridgehead atoms. The Bertz CT molecular complexity index is 2270. The maximum absolute atomic E-state index is 13.8. The summed E-state index contributed by atoms with van der Waals surface area (Å²) in [5.74, 6) is -5.06. The van der Waals surface area contributed by atoms with Gasteiger partial charge in [-0.1, -0.05) is 47.5 Å². The number of phosphoric acid groups is 1. The van der Waals surface area contributed by atoms with E-state index in [0.29, 0.717) is 45.4 Å². The molecule has 3 rings (SSSR count). The fourth-order valence-electron chi connectivity index (χ4n) is 11.0. The maximum atomic E-state index is 13.8. The fourth-order valence-corrected chi connectivity index (χ4v) is 11.4. The molecule has 16 atom stereocenters. The summed E-state index contributed by atoms with van der Waals surface area (Å²) in [7, 11) is -1.06. The molecule has 7 unspecified atom stereocenters. The number of ether oxygens (including phenoxy) is 7. The van der Waals surface area contributed by atoms with Gasteiger partial charge in [0, 0.05) is 122 Å². The molecule has 0 spiro atoms. The summed E-state index contributed by atoms with van der Waals surface area (Å²) in [6.07, 6.45) is -9.00. The van der Waals surface area contributed by atoms with Crippen LogP contribution in [0.3, 0.4) is 0 Å². The first-order chi connectivity index (χ1) is 50.1. The first-order valence-electron chi connectivity index (χ1n) is 36.7. The quantitative estimate of drug-likeness (QED) is 0.0215. The Morgan fingerprint density at radius 3 is 1.02 bits per heavy atom. The Morgan fingerprint density at radius 1 is 0.400 bits per heavy atom. The number of rotatable bonds is 53. The van der Waals surface area contributed by atoms with Crippen LogP contribution in [0, 0.1) is 17.8 Å². The second-order valence-electron chi connectivity index (χ2n) is 25.8. The van der Waals surface area contributed by atoms with Crippen LogP contribution in [0.2, 0.25) is 0 Å². The second kappa shape index (κ2) is 57.3. The number of carbonyl (C=O) groups is 8. The summed E-state index contributed by atoms with van der Waals surface area (Å²) in [4.78, 5) is 113. The van der Waals surface area contributed by atoms with Crippen LogP contribution in [0.4, 0.5) is 0 Å². The SMILES string of the molecule is CC.COCCCNC(=O)CCCC(=O)NC(CCC(=O)NCCCNC(=O)CCO[C@@H]1OC(CO)[C@H](O)[C@H](O)C1C)(CCC(=O)NCCCNC(=O)CCO[C@@H]1OC(CO)[C@H](O)[C@H](O)C1C)CCC(=O)NCCCNC(=O)CCO[C@@H]1OC(CO)[C@H](O)[C@H](O)C1C.COP(=O)(O)OCCCCCCN. The van der Waals surface area contributed by atoms with Crippen molar-refractivity contribution in [1.82, 2.24) is 42.5 Å². The molecule has 0 aromatic carbocycles. The molecule has 37 nitrogen and oxygen atoms in total. The number of phosphoric ester groups is 1. The average molecular weight is 1540 g/mol. The lowest BCUT2D eigenvalue weighted by atomic mass is 9.82. The minimum atomic E-state index is -3.75. The van der Waals surface area contributed by atoms with Crippen LogP contribution in [0.1, 0.15) is 163 Å². The average Bonchev–Trinajstić information content (AvgIpc) is 0.830. The van der Waals surface area contributed by atoms with Crippen molar-refractivity contribution in [1.29, 1.82) is 0 Å². The van der Waals surface area contributed by atoms with E-state index in [0.717, 1.165) is 32.8 Å². The van der Waals surface area contributed by atoms with Crippen molar-refractivity contribution < 1.29 is 136 Å². The van der Waals surface area contributed by atoms with Gasteiger partial charge in [-0.25, -0.2) is 4.57 Å². The van der Waals surface area contributed by atoms with Crippen molar-refractivity contribution in [3.05, 3.63) is 0 Å². The third-order valence-corrected chi connectivity index (χ3v) is 18.5. The van der Waals surface area contributed by atoms with Crippen molar-refractivity contribution in [2.45, 2.75) is 242 Å². The third-order valence-electron chi connectivity index (χ3n) is 17.5. The van der Waals surface area contributed by atoms with Crippen LogP contribution in [0.15, 0.2) is 0 Å². The van der Waals surface area contributed by atoms with Crippen LogP contribution >= 0.6 is 7.82 Å². The van der Waals surface area contributed by atoms with E-state index in [2.05, 4.69) is 51.6 Å². The predicted octanol–water partition coefficient (Wildman–Crippen LogP) is -2.89. The lowest BCUT2D eigenvalue weighted by molar-refractivity contribution is -0.282. The number of carbonyl (C=O) groups excluding carboxylic acids is 8. The van der Waals surface area contributed by atoms with Gasteiger partial charge in [0.15, 0.2) is 18.9 Å². The summed E-state index contributed by atoms with van der Waals surface area (Å²) in [5.41, 5.74) is 3.98. The molecule has 0 aromatic heterocycles. The van der Waals surface area contributed by atoms with Gasteiger partial charge in [-0.3, -0.25) is 47.4 Å². The molecule has 38 heteroatoms. The van der Waals surface area contributed by atoms with E-state index in [-0.39, 0.29) is 166 Å². The van der Waals surface area contributed by atoms with Gasteiger partial charge in [0.25, 0.3) is 0 Å². The third kappa shape index (κ3) is 41.5. The molecule has 0 aromatic rings. The van der Waals surface area contributed by atoms with Gasteiger partial charge in [-0.2, -0.15) is 0 Å². The monoisotopic (exact) mass is 1540 g/mol. The number of amides is 8. The molecular formula is C67H128N9O28P. The van der Waals surface area contributed by atoms with E-state index < -0.39 is 148 Å². The van der Waals surface area contributed by atoms with E-state index in [9.17, 15) is 88.9 Å². The van der Waals surface area contributed by atoms with E-state index in [1.54, 1.807) is 27.9 Å².